The van der Waals surface area contributed by atoms with Gasteiger partial charge in [0.1, 0.15) is 5.75 Å². The monoisotopic (exact) mass is 488 g/mol. The van der Waals surface area contributed by atoms with Crippen molar-refractivity contribution in [2.24, 2.45) is 4.99 Å². The van der Waals surface area contributed by atoms with Crippen molar-refractivity contribution >= 4 is 11.6 Å². The second kappa shape index (κ2) is 16.7. The maximum atomic E-state index is 11.9. The maximum absolute atomic E-state index is 11.9. The lowest BCUT2D eigenvalue weighted by Crippen LogP contribution is -2.51. The van der Waals surface area contributed by atoms with E-state index in [2.05, 4.69) is 48.9 Å². The molecule has 0 fully saturated rings. The summed E-state index contributed by atoms with van der Waals surface area (Å²) in [5.74, 6) is 0.830. The summed E-state index contributed by atoms with van der Waals surface area (Å²) in [5, 5.41) is 14.7. The number of rotatable bonds is 17. The van der Waals surface area contributed by atoms with E-state index in [1.807, 2.05) is 11.9 Å². The van der Waals surface area contributed by atoms with Gasteiger partial charge in [-0.05, 0) is 44.4 Å². The lowest BCUT2D eigenvalue weighted by molar-refractivity contribution is -0.119. The summed E-state index contributed by atoms with van der Waals surface area (Å²) in [7, 11) is 0. The van der Waals surface area contributed by atoms with E-state index in [1.165, 1.54) is 50.5 Å². The van der Waals surface area contributed by atoms with Crippen LogP contribution in [0.2, 0.25) is 0 Å². The number of aliphatic imine (C=N–C) groups is 1. The van der Waals surface area contributed by atoms with Crippen LogP contribution < -0.4 is 15.5 Å². The molecule has 35 heavy (non-hydrogen) atoms. The number of nitrogens with zero attached hydrogens (tertiary/aromatic N) is 2. The lowest BCUT2D eigenvalue weighted by atomic mass is 10.0. The molecule has 1 aliphatic heterocycles. The summed E-state index contributed by atoms with van der Waals surface area (Å²) in [6.45, 7) is 9.62. The predicted octanol–water partition coefficient (Wildman–Crippen LogP) is 4.63. The van der Waals surface area contributed by atoms with Crippen LogP contribution in [0.1, 0.15) is 91.0 Å². The number of unbranched alkanes of at least 4 members (excludes halogenated alkanes) is 6. The Morgan fingerprint density at radius 3 is 2.49 bits per heavy atom. The number of carbonyl (C=O) groups is 1. The highest BCUT2D eigenvalue weighted by Crippen LogP contribution is 2.20. The molecule has 7 heteroatoms. The number of hydrogen-bond donors (Lipinski definition) is 3. The smallest absolute Gasteiger partial charge is 0.225 e. The third-order valence-electron chi connectivity index (χ3n) is 6.37. The molecule has 1 heterocycles. The average Bonchev–Trinajstić information content (AvgIpc) is 2.98. The van der Waals surface area contributed by atoms with Crippen molar-refractivity contribution in [1.82, 2.24) is 15.8 Å². The highest BCUT2D eigenvalue weighted by atomic mass is 16.5. The largest absolute Gasteiger partial charge is 0.474 e. The van der Waals surface area contributed by atoms with Gasteiger partial charge in [-0.3, -0.25) is 9.79 Å². The highest BCUT2D eigenvalue weighted by molar-refractivity contribution is 6.00. The Bertz CT molecular complexity index is 751. The topological polar surface area (TPSA) is 86.2 Å². The van der Waals surface area contributed by atoms with Gasteiger partial charge in [-0.1, -0.05) is 64.5 Å². The number of aryl methyl sites for hydroxylation is 1. The number of aliphatic hydroxyl groups is 1. The minimum absolute atomic E-state index is 0.0161. The van der Waals surface area contributed by atoms with E-state index >= 15 is 0 Å². The molecule has 198 valence electrons. The van der Waals surface area contributed by atoms with E-state index in [9.17, 15) is 9.90 Å². The van der Waals surface area contributed by atoms with E-state index in [0.29, 0.717) is 32.5 Å². The third kappa shape index (κ3) is 12.0. The summed E-state index contributed by atoms with van der Waals surface area (Å²) in [6, 6.07) is 8.37. The van der Waals surface area contributed by atoms with Gasteiger partial charge in [0, 0.05) is 31.8 Å². The Morgan fingerprint density at radius 1 is 1.14 bits per heavy atom. The fourth-order valence-corrected chi connectivity index (χ4v) is 4.38. The minimum atomic E-state index is -0.465. The molecule has 0 spiro atoms. The minimum Gasteiger partial charge on any atom is -0.474 e. The highest BCUT2D eigenvalue weighted by Gasteiger charge is 2.26. The van der Waals surface area contributed by atoms with Gasteiger partial charge in [0.25, 0.3) is 0 Å². The number of aliphatic hydroxyl groups excluding tert-OH is 1. The number of hydrazine groups is 1. The van der Waals surface area contributed by atoms with Gasteiger partial charge >= 0.3 is 0 Å². The number of hydrogen-bond acceptors (Lipinski definition) is 6. The molecule has 0 radical (unpaired) electrons. The molecule has 3 atom stereocenters. The Balaban J connectivity index is 1.97. The van der Waals surface area contributed by atoms with Crippen LogP contribution in [0.5, 0.6) is 5.75 Å². The summed E-state index contributed by atoms with van der Waals surface area (Å²) in [5.41, 5.74) is 5.49. The van der Waals surface area contributed by atoms with Crippen LogP contribution in [0.15, 0.2) is 29.3 Å². The molecule has 0 aromatic heterocycles. The van der Waals surface area contributed by atoms with Crippen molar-refractivity contribution in [3.8, 4) is 5.75 Å². The van der Waals surface area contributed by atoms with Crippen LogP contribution in [0.4, 0.5) is 0 Å². The van der Waals surface area contributed by atoms with Crippen LogP contribution in [-0.2, 0) is 11.2 Å². The van der Waals surface area contributed by atoms with Crippen molar-refractivity contribution in [1.29, 1.82) is 0 Å². The molecule has 3 N–H and O–H groups in total. The molecule has 0 saturated heterocycles. The van der Waals surface area contributed by atoms with E-state index in [0.717, 1.165) is 17.9 Å². The number of nitrogens with one attached hydrogen (secondary N) is 2. The van der Waals surface area contributed by atoms with Gasteiger partial charge in [0.05, 0.1) is 18.6 Å². The normalized spacial score (nSPS) is 18.1. The van der Waals surface area contributed by atoms with Crippen molar-refractivity contribution in [3.05, 3.63) is 29.8 Å². The average molecular weight is 489 g/mol. The van der Waals surface area contributed by atoms with E-state index in [-0.39, 0.29) is 18.2 Å². The molecule has 1 aromatic carbocycles. The Labute approximate surface area is 212 Å². The van der Waals surface area contributed by atoms with Gasteiger partial charge in [-0.15, -0.1) is 0 Å². The van der Waals surface area contributed by atoms with E-state index in [4.69, 9.17) is 9.73 Å². The van der Waals surface area contributed by atoms with Crippen molar-refractivity contribution in [2.45, 2.75) is 110 Å². The van der Waals surface area contributed by atoms with Gasteiger partial charge < -0.3 is 15.2 Å². The van der Waals surface area contributed by atoms with Gasteiger partial charge in [-0.25, -0.2) is 10.4 Å². The van der Waals surface area contributed by atoms with E-state index < -0.39 is 6.10 Å². The molecule has 7 nitrogen and oxygen atoms in total. The Kier molecular flexibility index (Phi) is 13.9. The second-order valence-corrected chi connectivity index (χ2v) is 9.82. The second-order valence-electron chi connectivity index (χ2n) is 9.82. The van der Waals surface area contributed by atoms with Crippen LogP contribution in [-0.4, -0.2) is 59.7 Å². The predicted molar refractivity (Wildman–Crippen MR) is 144 cm³/mol. The summed E-state index contributed by atoms with van der Waals surface area (Å²) in [6.07, 6.45) is 10.5. The van der Waals surface area contributed by atoms with Crippen LogP contribution >= 0.6 is 0 Å². The number of ether oxygens (including phenoxy) is 1. The zero-order valence-electron chi connectivity index (χ0n) is 22.4. The molecular weight excluding hydrogens is 440 g/mol. The molecular formula is C28H48N4O3. The lowest BCUT2D eigenvalue weighted by Gasteiger charge is -2.33. The molecule has 0 saturated carbocycles. The summed E-state index contributed by atoms with van der Waals surface area (Å²) < 4.78 is 6.44. The molecule has 0 aliphatic carbocycles. The zero-order valence-corrected chi connectivity index (χ0v) is 22.4. The fourth-order valence-electron chi connectivity index (χ4n) is 4.38. The number of benzene rings is 1. The molecule has 2 rings (SSSR count). The van der Waals surface area contributed by atoms with Crippen molar-refractivity contribution in [3.63, 3.8) is 0 Å². The first-order chi connectivity index (χ1) is 16.9. The van der Waals surface area contributed by atoms with E-state index in [1.54, 1.807) is 6.92 Å². The molecule has 1 aliphatic rings. The summed E-state index contributed by atoms with van der Waals surface area (Å²) in [4.78, 5) is 16.6. The quantitative estimate of drug-likeness (QED) is 0.169. The van der Waals surface area contributed by atoms with Crippen molar-refractivity contribution < 1.29 is 14.6 Å². The van der Waals surface area contributed by atoms with Crippen LogP contribution in [0, 0.1) is 0 Å². The van der Waals surface area contributed by atoms with Crippen LogP contribution in [0.25, 0.3) is 0 Å². The number of carbonyl (C=O) groups excluding carboxylic acids is 1. The first kappa shape index (κ1) is 29.3. The summed E-state index contributed by atoms with van der Waals surface area (Å²) >= 11 is 0. The first-order valence-electron chi connectivity index (χ1n) is 13.6. The Hall–Kier alpha value is -1.96. The number of amides is 1. The standard InChI is InChI=1S/C28H48N4O3/c1-5-7-8-9-10-11-12-13-24-14-16-26(17-15-24)35-28(32(6-2)30-20-23(4)33)19-25-21-29-27(34)18-22(3)31-25/h14-17,23,25,28,30,33H,5-13,18-21H2,1-4H3,(H,29,34). The van der Waals surface area contributed by atoms with Gasteiger partial charge in [-0.2, -0.15) is 0 Å². The van der Waals surface area contributed by atoms with Crippen LogP contribution in [0.3, 0.4) is 0 Å². The SMILES string of the molecule is CCCCCCCCCc1ccc(OC(CC2CNC(=O)CC(C)=N2)N(CC)NCC(C)O)cc1. The zero-order chi connectivity index (χ0) is 25.5. The molecule has 0 bridgehead atoms. The van der Waals surface area contributed by atoms with Gasteiger partial charge in [0.2, 0.25) is 5.91 Å². The maximum Gasteiger partial charge on any atom is 0.225 e. The molecule has 3 unspecified atom stereocenters. The fraction of sp³-hybridized carbons (Fsp3) is 0.714. The first-order valence-corrected chi connectivity index (χ1v) is 13.6. The molecule has 1 amide bonds. The third-order valence-corrected chi connectivity index (χ3v) is 6.37. The molecule has 1 aromatic rings. The van der Waals surface area contributed by atoms with Crippen molar-refractivity contribution in [2.75, 3.05) is 19.6 Å². The Morgan fingerprint density at radius 2 is 1.83 bits per heavy atom. The van der Waals surface area contributed by atoms with Gasteiger partial charge in [0.15, 0.2) is 6.23 Å².